The minimum atomic E-state index is -0.357. The van der Waals surface area contributed by atoms with Gasteiger partial charge in [0.05, 0.1) is 25.3 Å². The number of nitrogens with zero attached hydrogens (tertiary/aromatic N) is 2. The van der Waals surface area contributed by atoms with Crippen LogP contribution in [-0.4, -0.2) is 58.1 Å². The topological polar surface area (TPSA) is 68.7 Å². The van der Waals surface area contributed by atoms with Crippen LogP contribution in [0, 0.1) is 12.8 Å². The molecule has 1 saturated carbocycles. The van der Waals surface area contributed by atoms with E-state index in [1.165, 1.54) is 26.1 Å². The summed E-state index contributed by atoms with van der Waals surface area (Å²) in [6.45, 7) is 11.0. The van der Waals surface area contributed by atoms with Crippen molar-refractivity contribution in [2.24, 2.45) is 5.92 Å². The second-order valence-electron chi connectivity index (χ2n) is 11.6. The van der Waals surface area contributed by atoms with Crippen LogP contribution in [0.5, 0.6) is 0 Å². The van der Waals surface area contributed by atoms with Gasteiger partial charge < -0.3 is 14.4 Å². The highest BCUT2D eigenvalue weighted by molar-refractivity contribution is 8.00. The summed E-state index contributed by atoms with van der Waals surface area (Å²) in [6.07, 6.45) is 3.59. The normalized spacial score (nSPS) is 18.9. The number of amides is 1. The molecule has 0 N–H and O–H groups in total. The summed E-state index contributed by atoms with van der Waals surface area (Å²) in [4.78, 5) is 30.0. The Labute approximate surface area is 270 Å². The number of thioether (sulfide) groups is 1. The van der Waals surface area contributed by atoms with Gasteiger partial charge in [-0.05, 0) is 74.6 Å². The Hall–Kier alpha value is -2.58. The van der Waals surface area contributed by atoms with E-state index in [4.69, 9.17) is 27.9 Å². The van der Waals surface area contributed by atoms with Crippen LogP contribution in [0.2, 0.25) is 10.0 Å². The molecule has 5 rings (SSSR count). The van der Waals surface area contributed by atoms with Gasteiger partial charge in [-0.1, -0.05) is 74.3 Å². The number of carbonyl (C=O) groups is 2. The van der Waals surface area contributed by atoms with Gasteiger partial charge in [-0.2, -0.15) is 11.8 Å². The maximum absolute atomic E-state index is 13.0. The molecule has 2 fully saturated rings. The van der Waals surface area contributed by atoms with E-state index in [2.05, 4.69) is 35.4 Å². The Balaban J connectivity index is 0.000000229. The molecule has 9 heteroatoms. The summed E-state index contributed by atoms with van der Waals surface area (Å²) >= 11 is 13.5. The van der Waals surface area contributed by atoms with E-state index in [0.717, 1.165) is 22.0 Å². The number of aromatic nitrogens is 1. The quantitative estimate of drug-likeness (QED) is 0.251. The van der Waals surface area contributed by atoms with Gasteiger partial charge in [0.1, 0.15) is 6.10 Å². The number of methoxy groups -OCH3 is 1. The monoisotopic (exact) mass is 644 g/mol. The molecule has 3 aromatic rings. The molecule has 1 saturated heterocycles. The molecule has 2 aromatic carbocycles. The first-order valence-electron chi connectivity index (χ1n) is 14.4. The van der Waals surface area contributed by atoms with Crippen molar-refractivity contribution < 1.29 is 19.1 Å². The third-order valence-corrected chi connectivity index (χ3v) is 8.85. The van der Waals surface area contributed by atoms with Gasteiger partial charge in [-0.25, -0.2) is 4.79 Å². The lowest BCUT2D eigenvalue weighted by atomic mass is 9.99. The molecule has 0 radical (unpaired) electrons. The average Bonchev–Trinajstić information content (AvgIpc) is 3.82. The highest BCUT2D eigenvalue weighted by Crippen LogP contribution is 2.43. The van der Waals surface area contributed by atoms with Crippen LogP contribution in [-0.2, 0) is 14.3 Å². The molecule has 2 aliphatic rings. The van der Waals surface area contributed by atoms with Gasteiger partial charge in [0.15, 0.2) is 0 Å². The van der Waals surface area contributed by atoms with Crippen molar-refractivity contribution in [1.29, 1.82) is 0 Å². The minimum absolute atomic E-state index is 0.0212. The van der Waals surface area contributed by atoms with E-state index < -0.39 is 0 Å². The number of pyridine rings is 1. The largest absolute Gasteiger partial charge is 0.465 e. The summed E-state index contributed by atoms with van der Waals surface area (Å²) in [5, 5.41) is 1.51. The number of rotatable bonds is 6. The fourth-order valence-electron chi connectivity index (χ4n) is 4.47. The van der Waals surface area contributed by atoms with Crippen molar-refractivity contribution in [1.82, 2.24) is 9.88 Å². The van der Waals surface area contributed by atoms with E-state index in [-0.39, 0.29) is 34.8 Å². The third-order valence-electron chi connectivity index (χ3n) is 6.97. The molecule has 1 aliphatic heterocycles. The first kappa shape index (κ1) is 34.9. The van der Waals surface area contributed by atoms with Crippen molar-refractivity contribution in [2.75, 3.05) is 19.5 Å². The highest BCUT2D eigenvalue weighted by atomic mass is 35.5. The van der Waals surface area contributed by atoms with Crippen molar-refractivity contribution in [3.63, 3.8) is 0 Å². The second-order valence-corrected chi connectivity index (χ2v) is 14.3. The Kier molecular flexibility index (Phi) is 13.4. The molecule has 43 heavy (non-hydrogen) atoms. The van der Waals surface area contributed by atoms with Crippen molar-refractivity contribution >= 4 is 46.8 Å². The number of hydrogen-bond donors (Lipinski definition) is 0. The van der Waals surface area contributed by atoms with Gasteiger partial charge in [0, 0.05) is 38.5 Å². The summed E-state index contributed by atoms with van der Waals surface area (Å²) in [5.74, 6) is 1.38. The summed E-state index contributed by atoms with van der Waals surface area (Å²) in [7, 11) is 1.35. The van der Waals surface area contributed by atoms with Gasteiger partial charge in [-0.15, -0.1) is 0 Å². The van der Waals surface area contributed by atoms with Gasteiger partial charge in [0.25, 0.3) is 5.91 Å². The zero-order chi connectivity index (χ0) is 31.6. The van der Waals surface area contributed by atoms with Crippen LogP contribution < -0.4 is 0 Å². The Bertz CT molecular complexity index is 1300. The van der Waals surface area contributed by atoms with E-state index >= 15 is 0 Å². The standard InChI is InChI=1S/C20H28ClNO2S.C8H9NO2.C6H5Cl/c1-13-19(23)22(18(15-5-6-15)12-25-20(2,3)4)17(11-24-13)14-7-9-16(21)10-8-14;1-6-3-4-7(5-9-6)8(10)11-2;7-6-4-2-1-3-5-6/h7-10,13,15,17-18H,5-6,11-12H2,1-4H3;3-5H,1-2H3;1-5H/t13?,17-,18?;;/m0../s1. The van der Waals surface area contributed by atoms with Gasteiger partial charge in [0.2, 0.25) is 0 Å². The predicted molar refractivity (Wildman–Crippen MR) is 177 cm³/mol. The fraction of sp³-hybridized carbons (Fsp3) is 0.441. The van der Waals surface area contributed by atoms with Crippen LogP contribution >= 0.6 is 35.0 Å². The molecule has 3 atom stereocenters. The van der Waals surface area contributed by atoms with Crippen LogP contribution in [0.3, 0.4) is 0 Å². The molecule has 6 nitrogen and oxygen atoms in total. The number of carbonyl (C=O) groups excluding carboxylic acids is 2. The maximum Gasteiger partial charge on any atom is 0.339 e. The van der Waals surface area contributed by atoms with Crippen molar-refractivity contribution in [2.45, 2.75) is 70.4 Å². The maximum atomic E-state index is 13.0. The van der Waals surface area contributed by atoms with E-state index in [0.29, 0.717) is 23.1 Å². The van der Waals surface area contributed by atoms with Crippen molar-refractivity contribution in [3.8, 4) is 0 Å². The molecule has 232 valence electrons. The molecular weight excluding hydrogens is 603 g/mol. The van der Waals surface area contributed by atoms with Crippen LogP contribution in [0.25, 0.3) is 0 Å². The van der Waals surface area contributed by atoms with E-state index in [9.17, 15) is 9.59 Å². The molecule has 1 amide bonds. The summed E-state index contributed by atoms with van der Waals surface area (Å²) in [6, 6.07) is 21.0. The lowest BCUT2D eigenvalue weighted by Gasteiger charge is -2.44. The molecular formula is C34H42Cl2N2O4S. The molecule has 0 spiro atoms. The Morgan fingerprint density at radius 3 is 2.16 bits per heavy atom. The number of ether oxygens (including phenoxy) is 2. The Morgan fingerprint density at radius 2 is 1.67 bits per heavy atom. The fourth-order valence-corrected chi connectivity index (χ4v) is 5.84. The molecule has 1 aliphatic carbocycles. The summed E-state index contributed by atoms with van der Waals surface area (Å²) < 4.78 is 10.5. The average molecular weight is 646 g/mol. The zero-order valence-corrected chi connectivity index (χ0v) is 28.1. The van der Waals surface area contributed by atoms with E-state index in [1.54, 1.807) is 12.1 Å². The number of esters is 1. The number of aryl methyl sites for hydroxylation is 1. The number of halogens is 2. The number of morpholine rings is 1. The van der Waals surface area contributed by atoms with Crippen LogP contribution in [0.15, 0.2) is 72.9 Å². The lowest BCUT2D eigenvalue weighted by molar-refractivity contribution is -0.162. The van der Waals surface area contributed by atoms with Gasteiger partial charge >= 0.3 is 5.97 Å². The summed E-state index contributed by atoms with van der Waals surface area (Å²) in [5.41, 5.74) is 2.48. The van der Waals surface area contributed by atoms with Crippen LogP contribution in [0.1, 0.15) is 68.2 Å². The number of hydrogen-bond acceptors (Lipinski definition) is 6. The highest BCUT2D eigenvalue weighted by Gasteiger charge is 2.45. The smallest absolute Gasteiger partial charge is 0.339 e. The van der Waals surface area contributed by atoms with E-state index in [1.807, 2.05) is 80.2 Å². The molecule has 1 aromatic heterocycles. The SMILES string of the molecule is CC1OC[C@@H](c2ccc(Cl)cc2)N(C(CSC(C)(C)C)C2CC2)C1=O.COC(=O)c1ccc(C)nc1.Clc1ccccc1. The number of benzene rings is 2. The first-order chi connectivity index (χ1) is 20.4. The predicted octanol–water partition coefficient (Wildman–Crippen LogP) is 8.46. The first-order valence-corrected chi connectivity index (χ1v) is 16.2. The molecule has 2 unspecified atom stereocenters. The third kappa shape index (κ3) is 11.5. The molecule has 0 bridgehead atoms. The Morgan fingerprint density at radius 1 is 1.05 bits per heavy atom. The minimum Gasteiger partial charge on any atom is -0.465 e. The zero-order valence-electron chi connectivity index (χ0n) is 25.8. The van der Waals surface area contributed by atoms with Crippen LogP contribution in [0.4, 0.5) is 0 Å². The lowest BCUT2D eigenvalue weighted by Crippen LogP contribution is -2.54. The van der Waals surface area contributed by atoms with Crippen molar-refractivity contribution in [3.05, 3.63) is 99.8 Å². The van der Waals surface area contributed by atoms with Gasteiger partial charge in [-0.3, -0.25) is 9.78 Å². The second kappa shape index (κ2) is 16.5. The molecule has 2 heterocycles.